The minimum Gasteiger partial charge on any atom is -0.506 e. The maximum atomic E-state index is 10.5. The van der Waals surface area contributed by atoms with Crippen molar-refractivity contribution in [3.8, 4) is 5.75 Å². The zero-order chi connectivity index (χ0) is 16.8. The molecular formula is C15H13Cl2N3O3. The van der Waals surface area contributed by atoms with E-state index < -0.39 is 4.92 Å². The molecule has 0 aromatic heterocycles. The molecule has 0 radical (unpaired) electrons. The van der Waals surface area contributed by atoms with Crippen molar-refractivity contribution < 1.29 is 10.0 Å². The summed E-state index contributed by atoms with van der Waals surface area (Å²) in [6, 6.07) is 9.13. The number of aromatic hydroxyl groups is 1. The van der Waals surface area contributed by atoms with Crippen LogP contribution >= 0.6 is 23.2 Å². The predicted molar refractivity (Wildman–Crippen MR) is 92.2 cm³/mol. The number of nitrogens with zero attached hydrogens (tertiary/aromatic N) is 2. The van der Waals surface area contributed by atoms with Crippen molar-refractivity contribution in [2.45, 2.75) is 0 Å². The van der Waals surface area contributed by atoms with Crippen LogP contribution in [0, 0.1) is 10.1 Å². The lowest BCUT2D eigenvalue weighted by Gasteiger charge is -2.04. The minimum atomic E-state index is -0.448. The Labute approximate surface area is 142 Å². The summed E-state index contributed by atoms with van der Waals surface area (Å²) < 4.78 is 0. The van der Waals surface area contributed by atoms with Crippen LogP contribution < -0.4 is 5.32 Å². The lowest BCUT2D eigenvalue weighted by molar-refractivity contribution is -0.384. The monoisotopic (exact) mass is 353 g/mol. The smallest absolute Gasteiger partial charge is 0.269 e. The number of nitrogens with one attached hydrogen (secondary N) is 1. The number of aliphatic imine (C=N–C) groups is 1. The predicted octanol–water partition coefficient (Wildman–Crippen LogP) is 4.14. The number of benzene rings is 2. The number of halogens is 2. The Morgan fingerprint density at radius 2 is 1.96 bits per heavy atom. The third-order valence-electron chi connectivity index (χ3n) is 2.94. The molecule has 0 heterocycles. The summed E-state index contributed by atoms with van der Waals surface area (Å²) in [5.41, 5.74) is 1.25. The van der Waals surface area contributed by atoms with E-state index in [0.717, 1.165) is 5.69 Å². The van der Waals surface area contributed by atoms with E-state index in [2.05, 4.69) is 10.3 Å². The van der Waals surface area contributed by atoms with Gasteiger partial charge in [-0.25, -0.2) is 0 Å². The van der Waals surface area contributed by atoms with Gasteiger partial charge in [0.2, 0.25) is 0 Å². The summed E-state index contributed by atoms with van der Waals surface area (Å²) in [6.07, 6.45) is 1.49. The Morgan fingerprint density at radius 1 is 1.26 bits per heavy atom. The average Bonchev–Trinajstić information content (AvgIpc) is 2.52. The number of non-ortho nitro benzene ring substituents is 1. The second-order valence-electron chi connectivity index (χ2n) is 4.59. The average molecular weight is 354 g/mol. The van der Waals surface area contributed by atoms with Crippen LogP contribution in [0.2, 0.25) is 10.0 Å². The summed E-state index contributed by atoms with van der Waals surface area (Å²) >= 11 is 11.7. The quantitative estimate of drug-likeness (QED) is 0.353. The van der Waals surface area contributed by atoms with Crippen molar-refractivity contribution in [3.05, 3.63) is 62.1 Å². The topological polar surface area (TPSA) is 87.8 Å². The van der Waals surface area contributed by atoms with Crippen LogP contribution in [0.5, 0.6) is 5.75 Å². The number of phenols is 1. The fourth-order valence-electron chi connectivity index (χ4n) is 1.81. The van der Waals surface area contributed by atoms with Crippen LogP contribution in [0.25, 0.3) is 0 Å². The molecular weight excluding hydrogens is 341 g/mol. The Morgan fingerprint density at radius 3 is 2.61 bits per heavy atom. The molecule has 0 spiro atoms. The highest BCUT2D eigenvalue weighted by atomic mass is 35.5. The second kappa shape index (κ2) is 7.80. The molecule has 0 amide bonds. The van der Waals surface area contributed by atoms with Crippen molar-refractivity contribution in [1.82, 2.24) is 0 Å². The largest absolute Gasteiger partial charge is 0.506 e. The van der Waals surface area contributed by atoms with Crippen LogP contribution in [0.15, 0.2) is 41.4 Å². The summed E-state index contributed by atoms with van der Waals surface area (Å²) in [5, 5.41) is 24.0. The van der Waals surface area contributed by atoms with E-state index in [4.69, 9.17) is 23.2 Å². The first-order chi connectivity index (χ1) is 11.0. The van der Waals surface area contributed by atoms with Gasteiger partial charge in [0.15, 0.2) is 0 Å². The summed E-state index contributed by atoms with van der Waals surface area (Å²) in [5.74, 6) is -0.0665. The maximum absolute atomic E-state index is 10.5. The van der Waals surface area contributed by atoms with Crippen LogP contribution in [0.4, 0.5) is 11.4 Å². The molecule has 2 N–H and O–H groups in total. The molecule has 23 heavy (non-hydrogen) atoms. The molecule has 2 rings (SSSR count). The number of nitro groups is 1. The molecule has 0 fully saturated rings. The first kappa shape index (κ1) is 17.1. The molecule has 0 aliphatic rings. The number of phenolic OH excluding ortho intramolecular Hbond substituents is 1. The van der Waals surface area contributed by atoms with E-state index >= 15 is 0 Å². The first-order valence-electron chi connectivity index (χ1n) is 6.63. The number of hydrogen-bond acceptors (Lipinski definition) is 5. The van der Waals surface area contributed by atoms with Gasteiger partial charge in [-0.15, -0.1) is 0 Å². The zero-order valence-electron chi connectivity index (χ0n) is 11.9. The van der Waals surface area contributed by atoms with Gasteiger partial charge >= 0.3 is 0 Å². The third kappa shape index (κ3) is 4.84. The molecule has 2 aromatic rings. The van der Waals surface area contributed by atoms with Crippen molar-refractivity contribution in [1.29, 1.82) is 0 Å². The van der Waals surface area contributed by atoms with Gasteiger partial charge in [0.25, 0.3) is 5.69 Å². The Kier molecular flexibility index (Phi) is 5.78. The molecule has 0 aliphatic heterocycles. The van der Waals surface area contributed by atoms with Gasteiger partial charge in [-0.3, -0.25) is 15.1 Å². The molecule has 0 aliphatic carbocycles. The zero-order valence-corrected chi connectivity index (χ0v) is 13.4. The highest BCUT2D eigenvalue weighted by Gasteiger charge is 2.05. The van der Waals surface area contributed by atoms with Gasteiger partial charge in [0, 0.05) is 41.2 Å². The number of rotatable bonds is 6. The fraction of sp³-hybridized carbons (Fsp3) is 0.133. The van der Waals surface area contributed by atoms with E-state index in [-0.39, 0.29) is 16.5 Å². The summed E-state index contributed by atoms with van der Waals surface area (Å²) in [4.78, 5) is 14.3. The van der Waals surface area contributed by atoms with Gasteiger partial charge in [0.1, 0.15) is 5.75 Å². The molecule has 0 atom stereocenters. The van der Waals surface area contributed by atoms with Crippen LogP contribution in [0.3, 0.4) is 0 Å². The van der Waals surface area contributed by atoms with Crippen LogP contribution in [0.1, 0.15) is 5.56 Å². The highest BCUT2D eigenvalue weighted by molar-refractivity contribution is 6.36. The van der Waals surface area contributed by atoms with Gasteiger partial charge < -0.3 is 10.4 Å². The highest BCUT2D eigenvalue weighted by Crippen LogP contribution is 2.29. The van der Waals surface area contributed by atoms with Crippen LogP contribution in [-0.4, -0.2) is 29.3 Å². The van der Waals surface area contributed by atoms with Gasteiger partial charge in [-0.2, -0.15) is 0 Å². The standard InChI is InChI=1S/C15H13Cl2N3O3/c16-11-7-10(15(21)14(17)8-11)9-18-5-6-19-12-1-3-13(4-2-12)20(22)23/h1-4,7-9,19,21H,5-6H2. The van der Waals surface area contributed by atoms with Gasteiger partial charge in [0.05, 0.1) is 16.5 Å². The molecule has 6 nitrogen and oxygen atoms in total. The van der Waals surface area contributed by atoms with Gasteiger partial charge in [-0.05, 0) is 24.3 Å². The molecule has 2 aromatic carbocycles. The second-order valence-corrected chi connectivity index (χ2v) is 5.44. The van der Waals surface area contributed by atoms with Crippen molar-refractivity contribution in [3.63, 3.8) is 0 Å². The van der Waals surface area contributed by atoms with E-state index in [1.165, 1.54) is 24.4 Å². The summed E-state index contributed by atoms with van der Waals surface area (Å²) in [7, 11) is 0. The Bertz CT molecular complexity index is 733. The third-order valence-corrected chi connectivity index (χ3v) is 3.44. The van der Waals surface area contributed by atoms with E-state index in [0.29, 0.717) is 23.7 Å². The van der Waals surface area contributed by atoms with Crippen molar-refractivity contribution >= 4 is 40.8 Å². The van der Waals surface area contributed by atoms with Crippen molar-refractivity contribution in [2.75, 3.05) is 18.4 Å². The minimum absolute atomic E-state index is 0.0434. The Hall–Kier alpha value is -2.31. The van der Waals surface area contributed by atoms with E-state index in [1.807, 2.05) is 0 Å². The number of anilines is 1. The normalized spacial score (nSPS) is 10.9. The summed E-state index contributed by atoms with van der Waals surface area (Å²) in [6.45, 7) is 0.976. The first-order valence-corrected chi connectivity index (χ1v) is 7.39. The molecule has 8 heteroatoms. The Balaban J connectivity index is 1.87. The van der Waals surface area contributed by atoms with Crippen molar-refractivity contribution in [2.24, 2.45) is 4.99 Å². The van der Waals surface area contributed by atoms with Crippen LogP contribution in [-0.2, 0) is 0 Å². The van der Waals surface area contributed by atoms with E-state index in [1.54, 1.807) is 18.2 Å². The lowest BCUT2D eigenvalue weighted by atomic mass is 10.2. The number of nitro benzene ring substituents is 1. The fourth-order valence-corrected chi connectivity index (χ4v) is 2.32. The van der Waals surface area contributed by atoms with Gasteiger partial charge in [-0.1, -0.05) is 23.2 Å². The molecule has 0 saturated carbocycles. The lowest BCUT2D eigenvalue weighted by Crippen LogP contribution is -2.05. The van der Waals surface area contributed by atoms with E-state index in [9.17, 15) is 15.2 Å². The SMILES string of the molecule is O=[N+]([O-])c1ccc(NCCN=Cc2cc(Cl)cc(Cl)c2O)cc1. The number of hydrogen-bond donors (Lipinski definition) is 2. The molecule has 120 valence electrons. The maximum Gasteiger partial charge on any atom is 0.269 e. The molecule has 0 unspecified atom stereocenters. The molecule has 0 saturated heterocycles. The molecule has 0 bridgehead atoms.